The van der Waals surface area contributed by atoms with Crippen molar-refractivity contribution in [3.8, 4) is 0 Å². The fourth-order valence-electron chi connectivity index (χ4n) is 2.96. The Kier molecular flexibility index (Phi) is 5.14. The third kappa shape index (κ3) is 3.94. The molecule has 0 atom stereocenters. The minimum Gasteiger partial charge on any atom is -0.457 e. The van der Waals surface area contributed by atoms with E-state index in [-0.39, 0.29) is 12.6 Å². The largest absolute Gasteiger partial charge is 0.457 e. The molecule has 1 aliphatic heterocycles. The summed E-state index contributed by atoms with van der Waals surface area (Å²) >= 11 is 0. The van der Waals surface area contributed by atoms with Gasteiger partial charge in [-0.25, -0.2) is 9.78 Å². The van der Waals surface area contributed by atoms with Crippen LogP contribution in [0, 0.1) is 12.8 Å². The number of hydrogen-bond acceptors (Lipinski definition) is 4. The van der Waals surface area contributed by atoms with Gasteiger partial charge in [-0.2, -0.15) is 0 Å². The number of rotatable bonds is 4. The number of nitrogens with zero attached hydrogens (tertiary/aromatic N) is 2. The number of ether oxygens (including phenoxy) is 1. The smallest absolute Gasteiger partial charge is 0.342 e. The van der Waals surface area contributed by atoms with Crippen LogP contribution in [0.2, 0.25) is 0 Å². The Morgan fingerprint density at radius 2 is 1.88 bits per heavy atom. The summed E-state index contributed by atoms with van der Waals surface area (Å²) in [7, 11) is 0. The molecule has 0 N–H and O–H groups in total. The molecule has 0 radical (unpaired) electrons. The Morgan fingerprint density at radius 1 is 1.17 bits per heavy atom. The summed E-state index contributed by atoms with van der Waals surface area (Å²) in [6.45, 7) is 6.39. The van der Waals surface area contributed by atoms with Crippen molar-refractivity contribution in [2.75, 3.05) is 18.0 Å². The number of anilines is 1. The minimum absolute atomic E-state index is 0.282. The average molecular weight is 324 g/mol. The summed E-state index contributed by atoms with van der Waals surface area (Å²) in [5.41, 5.74) is 2.47. The number of esters is 1. The number of carbonyl (C=O) groups excluding carboxylic acids is 1. The van der Waals surface area contributed by atoms with E-state index < -0.39 is 0 Å². The highest BCUT2D eigenvalue weighted by Crippen LogP contribution is 2.25. The highest BCUT2D eigenvalue weighted by atomic mass is 16.5. The molecule has 1 saturated heterocycles. The van der Waals surface area contributed by atoms with Crippen LogP contribution in [0.1, 0.15) is 41.4 Å². The third-order valence-electron chi connectivity index (χ3n) is 4.53. The quantitative estimate of drug-likeness (QED) is 0.798. The first-order valence-electron chi connectivity index (χ1n) is 8.57. The van der Waals surface area contributed by atoms with Crippen molar-refractivity contribution < 1.29 is 9.53 Å². The van der Waals surface area contributed by atoms with Crippen molar-refractivity contribution in [3.63, 3.8) is 0 Å². The van der Waals surface area contributed by atoms with Crippen LogP contribution >= 0.6 is 0 Å². The molecule has 1 aromatic carbocycles. The fraction of sp³-hybridized carbons (Fsp3) is 0.400. The molecular weight excluding hydrogens is 300 g/mol. The molecule has 24 heavy (non-hydrogen) atoms. The average Bonchev–Trinajstić information content (AvgIpc) is 2.61. The molecule has 0 aliphatic carbocycles. The van der Waals surface area contributed by atoms with Gasteiger partial charge in [-0.1, -0.05) is 37.3 Å². The Hall–Kier alpha value is -2.36. The summed E-state index contributed by atoms with van der Waals surface area (Å²) in [6.07, 6.45) is 2.27. The number of carbonyl (C=O) groups is 1. The molecule has 1 aromatic heterocycles. The Balaban J connectivity index is 1.75. The first-order chi connectivity index (χ1) is 11.6. The first-order valence-corrected chi connectivity index (χ1v) is 8.57. The van der Waals surface area contributed by atoms with Crippen LogP contribution in [0.15, 0.2) is 42.5 Å². The van der Waals surface area contributed by atoms with Crippen molar-refractivity contribution in [1.82, 2.24) is 4.98 Å². The second-order valence-corrected chi connectivity index (χ2v) is 6.56. The zero-order valence-electron chi connectivity index (χ0n) is 14.4. The molecule has 126 valence electrons. The monoisotopic (exact) mass is 324 g/mol. The summed E-state index contributed by atoms with van der Waals surface area (Å²) in [6, 6.07) is 13.4. The molecule has 2 heterocycles. The maximum absolute atomic E-state index is 12.6. The Labute approximate surface area is 143 Å². The molecule has 0 unspecified atom stereocenters. The van der Waals surface area contributed by atoms with E-state index in [1.165, 1.54) is 0 Å². The van der Waals surface area contributed by atoms with Crippen LogP contribution in [0.25, 0.3) is 0 Å². The lowest BCUT2D eigenvalue weighted by atomic mass is 9.99. The number of hydrogen-bond donors (Lipinski definition) is 0. The van der Waals surface area contributed by atoms with Gasteiger partial charge in [0.25, 0.3) is 0 Å². The zero-order chi connectivity index (χ0) is 16.9. The molecule has 0 saturated carbocycles. The summed E-state index contributed by atoms with van der Waals surface area (Å²) in [5.74, 6) is 1.19. The molecule has 0 spiro atoms. The molecule has 1 fully saturated rings. The minimum atomic E-state index is -0.306. The van der Waals surface area contributed by atoms with Gasteiger partial charge in [0.2, 0.25) is 0 Å². The standard InChI is InChI=1S/C20H24N2O2/c1-15-10-12-22(13-11-15)19-18(9-8-16(2)21-19)20(23)24-14-17-6-4-3-5-7-17/h3-9,15H,10-14H2,1-2H3. The van der Waals surface area contributed by atoms with Crippen molar-refractivity contribution in [2.24, 2.45) is 5.92 Å². The Bertz CT molecular complexity index is 692. The van der Waals surface area contributed by atoms with Crippen molar-refractivity contribution >= 4 is 11.8 Å². The van der Waals surface area contributed by atoms with Crippen LogP contribution in [-0.2, 0) is 11.3 Å². The topological polar surface area (TPSA) is 42.4 Å². The lowest BCUT2D eigenvalue weighted by Gasteiger charge is -2.32. The molecular formula is C20H24N2O2. The van der Waals surface area contributed by atoms with Crippen LogP contribution < -0.4 is 4.90 Å². The van der Waals surface area contributed by atoms with Gasteiger partial charge in [-0.15, -0.1) is 0 Å². The maximum Gasteiger partial charge on any atom is 0.342 e. The number of piperidine rings is 1. The second-order valence-electron chi connectivity index (χ2n) is 6.56. The van der Waals surface area contributed by atoms with E-state index in [0.29, 0.717) is 5.56 Å². The number of benzene rings is 1. The van der Waals surface area contributed by atoms with Gasteiger partial charge in [-0.3, -0.25) is 0 Å². The van der Waals surface area contributed by atoms with E-state index in [9.17, 15) is 4.79 Å². The molecule has 2 aromatic rings. The van der Waals surface area contributed by atoms with Crippen molar-refractivity contribution in [3.05, 3.63) is 59.3 Å². The number of aromatic nitrogens is 1. The van der Waals surface area contributed by atoms with Gasteiger partial charge in [0.1, 0.15) is 18.0 Å². The molecule has 1 aliphatic rings. The second kappa shape index (κ2) is 7.47. The normalized spacial score (nSPS) is 15.3. The SMILES string of the molecule is Cc1ccc(C(=O)OCc2ccccc2)c(N2CCC(C)CC2)n1. The molecule has 3 rings (SSSR count). The Morgan fingerprint density at radius 3 is 2.58 bits per heavy atom. The summed E-state index contributed by atoms with van der Waals surface area (Å²) in [5, 5.41) is 0. The summed E-state index contributed by atoms with van der Waals surface area (Å²) in [4.78, 5) is 19.4. The molecule has 0 bridgehead atoms. The van der Waals surface area contributed by atoms with E-state index in [2.05, 4.69) is 16.8 Å². The van der Waals surface area contributed by atoms with Crippen molar-refractivity contribution in [1.29, 1.82) is 0 Å². The predicted octanol–water partition coefficient (Wildman–Crippen LogP) is 3.98. The van der Waals surface area contributed by atoms with E-state index in [1.807, 2.05) is 49.4 Å². The third-order valence-corrected chi connectivity index (χ3v) is 4.53. The lowest BCUT2D eigenvalue weighted by Crippen LogP contribution is -2.34. The van der Waals surface area contributed by atoms with Gasteiger partial charge in [0, 0.05) is 18.8 Å². The maximum atomic E-state index is 12.6. The van der Waals surface area contributed by atoms with Gasteiger partial charge >= 0.3 is 5.97 Å². The van der Waals surface area contributed by atoms with Gasteiger partial charge in [0.05, 0.1) is 0 Å². The van der Waals surface area contributed by atoms with E-state index in [0.717, 1.165) is 48.9 Å². The highest BCUT2D eigenvalue weighted by Gasteiger charge is 2.23. The van der Waals surface area contributed by atoms with Gasteiger partial charge in [-0.05, 0) is 43.4 Å². The highest BCUT2D eigenvalue weighted by molar-refractivity contribution is 5.94. The molecule has 4 nitrogen and oxygen atoms in total. The predicted molar refractivity (Wildman–Crippen MR) is 95.1 cm³/mol. The van der Waals surface area contributed by atoms with Crippen LogP contribution in [-0.4, -0.2) is 24.0 Å². The van der Waals surface area contributed by atoms with Gasteiger partial charge in [0.15, 0.2) is 0 Å². The number of aryl methyl sites for hydroxylation is 1. The van der Waals surface area contributed by atoms with Crippen LogP contribution in [0.4, 0.5) is 5.82 Å². The van der Waals surface area contributed by atoms with E-state index >= 15 is 0 Å². The summed E-state index contributed by atoms with van der Waals surface area (Å²) < 4.78 is 5.50. The van der Waals surface area contributed by atoms with E-state index in [1.54, 1.807) is 0 Å². The molecule has 0 amide bonds. The lowest BCUT2D eigenvalue weighted by molar-refractivity contribution is 0.0473. The van der Waals surface area contributed by atoms with Crippen molar-refractivity contribution in [2.45, 2.75) is 33.3 Å². The first kappa shape index (κ1) is 16.5. The zero-order valence-corrected chi connectivity index (χ0v) is 14.4. The fourth-order valence-corrected chi connectivity index (χ4v) is 2.96. The molecule has 4 heteroatoms. The number of pyridine rings is 1. The van der Waals surface area contributed by atoms with E-state index in [4.69, 9.17) is 4.74 Å². The van der Waals surface area contributed by atoms with Crippen LogP contribution in [0.3, 0.4) is 0 Å². The van der Waals surface area contributed by atoms with Gasteiger partial charge < -0.3 is 9.64 Å². The van der Waals surface area contributed by atoms with Crippen LogP contribution in [0.5, 0.6) is 0 Å².